The average Bonchev–Trinajstić information content (AvgIpc) is 2.66. The van der Waals surface area contributed by atoms with E-state index in [9.17, 15) is 0 Å². The molecule has 134 valence electrons. The van der Waals surface area contributed by atoms with E-state index in [-0.39, 0.29) is 0 Å². The molecule has 26 heavy (non-hydrogen) atoms. The summed E-state index contributed by atoms with van der Waals surface area (Å²) in [6.45, 7) is 2.98. The first kappa shape index (κ1) is 18.9. The molecular formula is C21H21Cl2N3. The Hall–Kier alpha value is -1.91. The van der Waals surface area contributed by atoms with Crippen LogP contribution in [0, 0.1) is 0 Å². The lowest BCUT2D eigenvalue weighted by Crippen LogP contribution is -2.22. The van der Waals surface area contributed by atoms with Gasteiger partial charge in [0.25, 0.3) is 0 Å². The molecule has 2 aromatic carbocycles. The number of pyridine rings is 1. The predicted octanol–water partition coefficient (Wildman–Crippen LogP) is 5.05. The van der Waals surface area contributed by atoms with Crippen LogP contribution in [0.5, 0.6) is 0 Å². The monoisotopic (exact) mass is 385 g/mol. The van der Waals surface area contributed by atoms with E-state index >= 15 is 0 Å². The summed E-state index contributed by atoms with van der Waals surface area (Å²) in [6.07, 6.45) is 3.64. The van der Waals surface area contributed by atoms with E-state index in [1.165, 1.54) is 11.1 Å². The third-order valence-corrected chi connectivity index (χ3v) is 4.95. The Kier molecular flexibility index (Phi) is 6.64. The van der Waals surface area contributed by atoms with Crippen molar-refractivity contribution in [3.05, 3.63) is 99.3 Å². The highest BCUT2D eigenvalue weighted by molar-refractivity contribution is 6.42. The second-order valence-corrected chi connectivity index (χ2v) is 7.08. The zero-order chi connectivity index (χ0) is 18.4. The third kappa shape index (κ3) is 5.29. The summed E-state index contributed by atoms with van der Waals surface area (Å²) in [5.74, 6) is 0. The molecule has 3 nitrogen and oxygen atoms in total. The number of rotatable bonds is 7. The Morgan fingerprint density at radius 3 is 1.85 bits per heavy atom. The lowest BCUT2D eigenvalue weighted by Gasteiger charge is -2.23. The van der Waals surface area contributed by atoms with Gasteiger partial charge in [-0.3, -0.25) is 9.88 Å². The van der Waals surface area contributed by atoms with Gasteiger partial charge < -0.3 is 5.73 Å². The van der Waals surface area contributed by atoms with E-state index in [1.54, 1.807) is 0 Å². The Balaban J connectivity index is 1.79. The molecule has 0 fully saturated rings. The maximum Gasteiger partial charge on any atom is 0.0595 e. The second-order valence-electron chi connectivity index (χ2n) is 6.27. The molecule has 1 heterocycles. The summed E-state index contributed by atoms with van der Waals surface area (Å²) >= 11 is 12.2. The van der Waals surface area contributed by atoms with E-state index in [4.69, 9.17) is 28.9 Å². The van der Waals surface area contributed by atoms with Crippen molar-refractivity contribution in [1.82, 2.24) is 9.88 Å². The average molecular weight is 386 g/mol. The van der Waals surface area contributed by atoms with Crippen molar-refractivity contribution in [3.63, 3.8) is 0 Å². The second kappa shape index (κ2) is 9.15. The van der Waals surface area contributed by atoms with Crippen LogP contribution in [0.4, 0.5) is 0 Å². The zero-order valence-corrected chi connectivity index (χ0v) is 15.9. The van der Waals surface area contributed by atoms with Crippen LogP contribution in [0.1, 0.15) is 22.3 Å². The molecular weight excluding hydrogens is 365 g/mol. The number of hydrogen-bond donors (Lipinski definition) is 1. The molecule has 3 rings (SSSR count). The summed E-state index contributed by atoms with van der Waals surface area (Å²) in [5, 5.41) is 1.16. The van der Waals surface area contributed by atoms with Gasteiger partial charge in [0.1, 0.15) is 0 Å². The molecule has 0 unspecified atom stereocenters. The third-order valence-electron chi connectivity index (χ3n) is 4.21. The summed E-state index contributed by atoms with van der Waals surface area (Å²) in [5.41, 5.74) is 10.4. The smallest absolute Gasteiger partial charge is 0.0595 e. The van der Waals surface area contributed by atoms with E-state index in [2.05, 4.69) is 34.1 Å². The molecule has 0 radical (unpaired) electrons. The van der Waals surface area contributed by atoms with Crippen LogP contribution in [0.3, 0.4) is 0 Å². The fraction of sp³-hybridized carbons (Fsp3) is 0.190. The van der Waals surface area contributed by atoms with Gasteiger partial charge in [0.05, 0.1) is 10.0 Å². The highest BCUT2D eigenvalue weighted by Gasteiger charge is 2.10. The van der Waals surface area contributed by atoms with Crippen molar-refractivity contribution in [2.24, 2.45) is 5.73 Å². The van der Waals surface area contributed by atoms with Crippen molar-refractivity contribution in [1.29, 1.82) is 0 Å². The Bertz CT molecular complexity index is 836. The van der Waals surface area contributed by atoms with Crippen LogP contribution in [0.25, 0.3) is 0 Å². The number of nitrogens with zero attached hydrogens (tertiary/aromatic N) is 2. The fourth-order valence-corrected chi connectivity index (χ4v) is 3.17. The first-order valence-electron chi connectivity index (χ1n) is 8.47. The quantitative estimate of drug-likeness (QED) is 0.618. The minimum absolute atomic E-state index is 0.560. The molecule has 0 spiro atoms. The van der Waals surface area contributed by atoms with Gasteiger partial charge in [0.2, 0.25) is 0 Å². The number of hydrogen-bond acceptors (Lipinski definition) is 3. The normalized spacial score (nSPS) is 11.1. The summed E-state index contributed by atoms with van der Waals surface area (Å²) in [4.78, 5) is 6.47. The molecule has 2 N–H and O–H groups in total. The van der Waals surface area contributed by atoms with Crippen molar-refractivity contribution in [2.45, 2.75) is 26.2 Å². The molecule has 0 aliphatic heterocycles. The summed E-state index contributed by atoms with van der Waals surface area (Å²) in [7, 11) is 0. The molecule has 0 aliphatic rings. The minimum Gasteiger partial charge on any atom is -0.326 e. The van der Waals surface area contributed by atoms with Crippen molar-refractivity contribution < 1.29 is 0 Å². The summed E-state index contributed by atoms with van der Waals surface area (Å²) < 4.78 is 0. The molecule has 5 heteroatoms. The van der Waals surface area contributed by atoms with Gasteiger partial charge in [-0.05, 0) is 46.5 Å². The number of benzene rings is 2. The predicted molar refractivity (Wildman–Crippen MR) is 108 cm³/mol. The minimum atomic E-state index is 0.560. The van der Waals surface area contributed by atoms with Crippen LogP contribution in [-0.2, 0) is 26.2 Å². The largest absolute Gasteiger partial charge is 0.326 e. The SMILES string of the molecule is NCc1ccc(CN(Cc2ccncc2)Cc2ccc(Cl)c(Cl)c2)cc1. The Morgan fingerprint density at radius 2 is 1.23 bits per heavy atom. The highest BCUT2D eigenvalue weighted by Crippen LogP contribution is 2.24. The van der Waals surface area contributed by atoms with Crippen molar-refractivity contribution in [2.75, 3.05) is 0 Å². The van der Waals surface area contributed by atoms with Gasteiger partial charge in [-0.2, -0.15) is 0 Å². The Labute approximate surface area is 164 Å². The van der Waals surface area contributed by atoms with Gasteiger partial charge in [-0.25, -0.2) is 0 Å². The molecule has 0 saturated heterocycles. The zero-order valence-electron chi connectivity index (χ0n) is 14.4. The fourth-order valence-electron chi connectivity index (χ4n) is 2.85. The molecule has 1 aromatic heterocycles. The number of nitrogens with two attached hydrogens (primary N) is 1. The number of halogens is 2. The van der Waals surface area contributed by atoms with E-state index in [1.807, 2.05) is 42.7 Å². The topological polar surface area (TPSA) is 42.1 Å². The van der Waals surface area contributed by atoms with Gasteiger partial charge >= 0.3 is 0 Å². The van der Waals surface area contributed by atoms with Crippen LogP contribution < -0.4 is 5.73 Å². The van der Waals surface area contributed by atoms with Gasteiger partial charge in [-0.15, -0.1) is 0 Å². The standard InChI is InChI=1S/C21H21Cl2N3/c22-20-6-5-19(11-21(20)23)15-26(14-18-7-9-25-10-8-18)13-17-3-1-16(12-24)2-4-17/h1-11H,12-15,24H2. The molecule has 0 atom stereocenters. The van der Waals surface area contributed by atoms with Crippen LogP contribution >= 0.6 is 23.2 Å². The first-order valence-corrected chi connectivity index (χ1v) is 9.22. The van der Waals surface area contributed by atoms with Gasteiger partial charge in [0, 0.05) is 38.6 Å². The summed E-state index contributed by atoms with van der Waals surface area (Å²) in [6, 6.07) is 18.3. The lowest BCUT2D eigenvalue weighted by atomic mass is 10.1. The molecule has 0 bridgehead atoms. The molecule has 0 amide bonds. The van der Waals surface area contributed by atoms with Crippen molar-refractivity contribution in [3.8, 4) is 0 Å². The van der Waals surface area contributed by atoms with Gasteiger partial charge in [0.15, 0.2) is 0 Å². The molecule has 0 saturated carbocycles. The van der Waals surface area contributed by atoms with E-state index in [0.717, 1.165) is 30.8 Å². The Morgan fingerprint density at radius 1 is 0.692 bits per heavy atom. The first-order chi connectivity index (χ1) is 12.6. The molecule has 3 aromatic rings. The van der Waals surface area contributed by atoms with Crippen LogP contribution in [0.15, 0.2) is 67.0 Å². The van der Waals surface area contributed by atoms with Gasteiger partial charge in [-0.1, -0.05) is 53.5 Å². The maximum atomic E-state index is 6.18. The van der Waals surface area contributed by atoms with Crippen LogP contribution in [-0.4, -0.2) is 9.88 Å². The van der Waals surface area contributed by atoms with E-state index in [0.29, 0.717) is 16.6 Å². The maximum absolute atomic E-state index is 6.18. The lowest BCUT2D eigenvalue weighted by molar-refractivity contribution is 0.247. The highest BCUT2D eigenvalue weighted by atomic mass is 35.5. The number of aromatic nitrogens is 1. The van der Waals surface area contributed by atoms with E-state index < -0.39 is 0 Å². The van der Waals surface area contributed by atoms with Crippen LogP contribution in [0.2, 0.25) is 10.0 Å². The van der Waals surface area contributed by atoms with Crippen molar-refractivity contribution >= 4 is 23.2 Å². The molecule has 0 aliphatic carbocycles.